The van der Waals surface area contributed by atoms with Crippen molar-refractivity contribution in [2.75, 3.05) is 13.2 Å². The number of benzene rings is 1. The first kappa shape index (κ1) is 15.7. The molecule has 1 atom stereocenters. The van der Waals surface area contributed by atoms with E-state index in [1.807, 2.05) is 47.4 Å². The van der Waals surface area contributed by atoms with Crippen LogP contribution in [0, 0.1) is 0 Å². The van der Waals surface area contributed by atoms with E-state index in [4.69, 9.17) is 4.74 Å². The number of nitrogens with zero attached hydrogens (tertiary/aromatic N) is 2. The maximum Gasteiger partial charge on any atom is 0.220 e. The van der Waals surface area contributed by atoms with E-state index in [1.54, 1.807) is 0 Å². The maximum absolute atomic E-state index is 11.9. The molecule has 122 valence electrons. The van der Waals surface area contributed by atoms with Crippen molar-refractivity contribution in [1.82, 2.24) is 15.1 Å². The van der Waals surface area contributed by atoms with Crippen molar-refractivity contribution < 1.29 is 9.53 Å². The van der Waals surface area contributed by atoms with Gasteiger partial charge in [0.15, 0.2) is 0 Å². The van der Waals surface area contributed by atoms with Gasteiger partial charge in [0.25, 0.3) is 0 Å². The quantitative estimate of drug-likeness (QED) is 0.854. The topological polar surface area (TPSA) is 56.2 Å². The molecule has 5 nitrogen and oxygen atoms in total. The van der Waals surface area contributed by atoms with Crippen LogP contribution in [0.2, 0.25) is 0 Å². The molecular formula is C18H23N3O2. The number of para-hydroxylation sites is 1. The first-order chi connectivity index (χ1) is 11.3. The van der Waals surface area contributed by atoms with Crippen LogP contribution < -0.4 is 5.32 Å². The molecule has 1 unspecified atom stereocenters. The van der Waals surface area contributed by atoms with Gasteiger partial charge in [-0.3, -0.25) is 4.79 Å². The summed E-state index contributed by atoms with van der Waals surface area (Å²) < 4.78 is 7.38. The van der Waals surface area contributed by atoms with Gasteiger partial charge in [-0.1, -0.05) is 18.2 Å². The minimum absolute atomic E-state index is 0.0930. The predicted octanol–water partition coefficient (Wildman–Crippen LogP) is 2.49. The van der Waals surface area contributed by atoms with Gasteiger partial charge in [0, 0.05) is 25.8 Å². The molecule has 2 aromatic rings. The van der Waals surface area contributed by atoms with E-state index in [2.05, 4.69) is 10.4 Å². The fraction of sp³-hybridized carbons (Fsp3) is 0.444. The molecule has 0 bridgehead atoms. The summed E-state index contributed by atoms with van der Waals surface area (Å²) in [5, 5.41) is 7.32. The SMILES string of the molecule is O=C(CCc1cnn(-c2ccccc2)c1)NCCC1CCCO1. The average molecular weight is 313 g/mol. The third-order valence-electron chi connectivity index (χ3n) is 4.11. The zero-order chi connectivity index (χ0) is 15.9. The summed E-state index contributed by atoms with van der Waals surface area (Å²) in [6, 6.07) is 9.97. The zero-order valence-corrected chi connectivity index (χ0v) is 13.3. The highest BCUT2D eigenvalue weighted by atomic mass is 16.5. The molecule has 0 radical (unpaired) electrons. The number of hydrogen-bond acceptors (Lipinski definition) is 3. The Morgan fingerprint density at radius 2 is 2.22 bits per heavy atom. The molecule has 0 spiro atoms. The molecule has 1 aromatic heterocycles. The van der Waals surface area contributed by atoms with E-state index < -0.39 is 0 Å². The average Bonchev–Trinajstić information content (AvgIpc) is 3.25. The van der Waals surface area contributed by atoms with Crippen LogP contribution in [-0.4, -0.2) is 34.9 Å². The fourth-order valence-electron chi connectivity index (χ4n) is 2.80. The Labute approximate surface area is 136 Å². The molecule has 1 saturated heterocycles. The highest BCUT2D eigenvalue weighted by Gasteiger charge is 2.15. The van der Waals surface area contributed by atoms with Gasteiger partial charge in [0.1, 0.15) is 0 Å². The van der Waals surface area contributed by atoms with E-state index in [0.29, 0.717) is 25.5 Å². The van der Waals surface area contributed by atoms with Crippen LogP contribution in [0.3, 0.4) is 0 Å². The summed E-state index contributed by atoms with van der Waals surface area (Å²) in [5.41, 5.74) is 2.10. The van der Waals surface area contributed by atoms with Crippen molar-refractivity contribution in [3.8, 4) is 5.69 Å². The third kappa shape index (κ3) is 4.66. The van der Waals surface area contributed by atoms with Gasteiger partial charge < -0.3 is 10.1 Å². The Kier molecular flexibility index (Phi) is 5.42. The van der Waals surface area contributed by atoms with Crippen molar-refractivity contribution >= 4 is 5.91 Å². The summed E-state index contributed by atoms with van der Waals surface area (Å²) >= 11 is 0. The molecule has 1 fully saturated rings. The molecule has 0 saturated carbocycles. The predicted molar refractivity (Wildman–Crippen MR) is 88.5 cm³/mol. The van der Waals surface area contributed by atoms with E-state index in [1.165, 1.54) is 0 Å². The number of amides is 1. The Morgan fingerprint density at radius 3 is 3.00 bits per heavy atom. The second-order valence-corrected chi connectivity index (χ2v) is 5.90. The second kappa shape index (κ2) is 7.92. The number of nitrogens with one attached hydrogen (secondary N) is 1. The van der Waals surface area contributed by atoms with Crippen LogP contribution in [0.5, 0.6) is 0 Å². The highest BCUT2D eigenvalue weighted by molar-refractivity contribution is 5.76. The van der Waals surface area contributed by atoms with Gasteiger partial charge in [0.2, 0.25) is 5.91 Å². The van der Waals surface area contributed by atoms with Crippen LogP contribution >= 0.6 is 0 Å². The third-order valence-corrected chi connectivity index (χ3v) is 4.11. The monoisotopic (exact) mass is 313 g/mol. The minimum Gasteiger partial charge on any atom is -0.378 e. The van der Waals surface area contributed by atoms with E-state index in [-0.39, 0.29) is 5.91 Å². The number of ether oxygens (including phenoxy) is 1. The molecule has 3 rings (SSSR count). The summed E-state index contributed by atoms with van der Waals surface area (Å²) in [6.07, 6.45) is 8.52. The van der Waals surface area contributed by atoms with E-state index in [9.17, 15) is 4.79 Å². The van der Waals surface area contributed by atoms with Gasteiger partial charge in [-0.25, -0.2) is 4.68 Å². The lowest BCUT2D eigenvalue weighted by molar-refractivity contribution is -0.121. The molecule has 1 aromatic carbocycles. The number of carbonyl (C=O) groups is 1. The van der Waals surface area contributed by atoms with Crippen molar-refractivity contribution in [1.29, 1.82) is 0 Å². The summed E-state index contributed by atoms with van der Waals surface area (Å²) in [5.74, 6) is 0.0930. The molecule has 1 N–H and O–H groups in total. The largest absolute Gasteiger partial charge is 0.378 e. The van der Waals surface area contributed by atoms with Crippen molar-refractivity contribution in [2.45, 2.75) is 38.2 Å². The molecule has 5 heteroatoms. The van der Waals surface area contributed by atoms with Crippen LogP contribution in [0.4, 0.5) is 0 Å². The highest BCUT2D eigenvalue weighted by Crippen LogP contribution is 2.14. The standard InChI is InChI=1S/C18H23N3O2/c22-18(19-11-10-17-7-4-12-23-17)9-8-15-13-20-21(14-15)16-5-2-1-3-6-16/h1-3,5-6,13-14,17H,4,7-12H2,(H,19,22). The zero-order valence-electron chi connectivity index (χ0n) is 13.3. The lowest BCUT2D eigenvalue weighted by Gasteiger charge is -2.09. The van der Waals surface area contributed by atoms with Gasteiger partial charge in [-0.05, 0) is 43.4 Å². The first-order valence-electron chi connectivity index (χ1n) is 8.28. The summed E-state index contributed by atoms with van der Waals surface area (Å²) in [4.78, 5) is 11.9. The van der Waals surface area contributed by atoms with Crippen LogP contribution in [0.25, 0.3) is 5.69 Å². The fourth-order valence-corrected chi connectivity index (χ4v) is 2.80. The Balaban J connectivity index is 1.40. The normalized spacial score (nSPS) is 17.3. The maximum atomic E-state index is 11.9. The molecule has 1 aliphatic rings. The molecule has 0 aliphatic carbocycles. The Hall–Kier alpha value is -2.14. The van der Waals surface area contributed by atoms with Crippen molar-refractivity contribution in [3.05, 3.63) is 48.3 Å². The lowest BCUT2D eigenvalue weighted by Crippen LogP contribution is -2.27. The first-order valence-corrected chi connectivity index (χ1v) is 8.28. The van der Waals surface area contributed by atoms with Crippen molar-refractivity contribution in [2.24, 2.45) is 0 Å². The number of aromatic nitrogens is 2. The molecular weight excluding hydrogens is 290 g/mol. The smallest absolute Gasteiger partial charge is 0.220 e. The van der Waals surface area contributed by atoms with Gasteiger partial charge in [-0.15, -0.1) is 0 Å². The molecule has 1 aliphatic heterocycles. The van der Waals surface area contributed by atoms with Gasteiger partial charge in [0.05, 0.1) is 18.0 Å². The van der Waals surface area contributed by atoms with Crippen LogP contribution in [0.15, 0.2) is 42.7 Å². The number of carbonyl (C=O) groups excluding carboxylic acids is 1. The molecule has 23 heavy (non-hydrogen) atoms. The number of hydrogen-bond donors (Lipinski definition) is 1. The molecule has 2 heterocycles. The minimum atomic E-state index is 0.0930. The van der Waals surface area contributed by atoms with Gasteiger partial charge in [-0.2, -0.15) is 5.10 Å². The Morgan fingerprint density at radius 1 is 1.35 bits per heavy atom. The summed E-state index contributed by atoms with van der Waals surface area (Å²) in [6.45, 7) is 1.57. The Bertz CT molecular complexity index is 618. The summed E-state index contributed by atoms with van der Waals surface area (Å²) in [7, 11) is 0. The molecule has 1 amide bonds. The van der Waals surface area contributed by atoms with E-state index in [0.717, 1.165) is 37.1 Å². The second-order valence-electron chi connectivity index (χ2n) is 5.90. The van der Waals surface area contributed by atoms with Crippen molar-refractivity contribution in [3.63, 3.8) is 0 Å². The van der Waals surface area contributed by atoms with Crippen LogP contribution in [0.1, 0.15) is 31.2 Å². The van der Waals surface area contributed by atoms with E-state index >= 15 is 0 Å². The lowest BCUT2D eigenvalue weighted by atomic mass is 10.1. The number of aryl methyl sites for hydroxylation is 1. The van der Waals surface area contributed by atoms with Crippen LogP contribution in [-0.2, 0) is 16.0 Å². The van der Waals surface area contributed by atoms with Gasteiger partial charge >= 0.3 is 0 Å². The number of rotatable bonds is 7.